The molecule has 0 saturated heterocycles. The normalized spacial score (nSPS) is 10.1. The molecule has 2 aromatic carbocycles. The molecule has 4 nitrogen and oxygen atoms in total. The molecular formula is C16H17FN2O2. The van der Waals surface area contributed by atoms with Crippen LogP contribution in [0, 0.1) is 5.82 Å². The lowest BCUT2D eigenvalue weighted by atomic mass is 10.1. The summed E-state index contributed by atoms with van der Waals surface area (Å²) in [5.74, 6) is -0.0772. The van der Waals surface area contributed by atoms with Crippen LogP contribution in [0.25, 0.3) is 0 Å². The van der Waals surface area contributed by atoms with Gasteiger partial charge in [-0.3, -0.25) is 4.79 Å². The van der Waals surface area contributed by atoms with E-state index in [-0.39, 0.29) is 17.2 Å². The summed E-state index contributed by atoms with van der Waals surface area (Å²) in [6.45, 7) is 0.921. The fourth-order valence-electron chi connectivity index (χ4n) is 1.80. The van der Waals surface area contributed by atoms with Gasteiger partial charge in [0.15, 0.2) is 0 Å². The van der Waals surface area contributed by atoms with Crippen molar-refractivity contribution in [3.8, 4) is 5.75 Å². The van der Waals surface area contributed by atoms with E-state index < -0.39 is 5.82 Å². The maximum atomic E-state index is 13.1. The van der Waals surface area contributed by atoms with Crippen molar-refractivity contribution in [3.63, 3.8) is 0 Å². The van der Waals surface area contributed by atoms with Crippen molar-refractivity contribution in [1.29, 1.82) is 0 Å². The molecule has 5 heteroatoms. The number of ether oxygens (including phenoxy) is 1. The number of halogens is 1. The van der Waals surface area contributed by atoms with E-state index in [0.717, 1.165) is 11.8 Å². The van der Waals surface area contributed by atoms with Crippen LogP contribution in [0.4, 0.5) is 10.1 Å². The van der Waals surface area contributed by atoms with Crippen molar-refractivity contribution < 1.29 is 13.9 Å². The molecule has 2 rings (SSSR count). The second-order valence-electron chi connectivity index (χ2n) is 4.50. The van der Waals surface area contributed by atoms with Gasteiger partial charge in [0.1, 0.15) is 11.6 Å². The fraction of sp³-hybridized carbons (Fsp3) is 0.188. The summed E-state index contributed by atoms with van der Waals surface area (Å²) in [6.07, 6.45) is 0.649. The van der Waals surface area contributed by atoms with Gasteiger partial charge in [0.2, 0.25) is 0 Å². The van der Waals surface area contributed by atoms with Gasteiger partial charge in [-0.15, -0.1) is 0 Å². The zero-order chi connectivity index (χ0) is 15.1. The smallest absolute Gasteiger partial charge is 0.253 e. The molecule has 0 aliphatic heterocycles. The summed E-state index contributed by atoms with van der Waals surface area (Å²) in [4.78, 5) is 11.9. The summed E-state index contributed by atoms with van der Waals surface area (Å²) in [6, 6.07) is 13.2. The Bertz CT molecular complexity index is 602. The molecule has 0 aromatic heterocycles. The number of carbonyl (C=O) groups excluding carboxylic acids is 1. The Morgan fingerprint density at radius 2 is 1.95 bits per heavy atom. The van der Waals surface area contributed by atoms with Gasteiger partial charge in [-0.1, -0.05) is 18.2 Å². The van der Waals surface area contributed by atoms with Crippen LogP contribution in [-0.2, 0) is 0 Å². The summed E-state index contributed by atoms with van der Waals surface area (Å²) in [5.41, 5.74) is 6.06. The molecule has 21 heavy (non-hydrogen) atoms. The number of para-hydroxylation sites is 1. The highest BCUT2D eigenvalue weighted by Gasteiger charge is 2.09. The van der Waals surface area contributed by atoms with Gasteiger partial charge in [0.05, 0.1) is 12.2 Å². The first kappa shape index (κ1) is 14.8. The number of carbonyl (C=O) groups is 1. The number of rotatable bonds is 6. The number of anilines is 1. The number of nitrogens with two attached hydrogens (primary N) is 1. The third-order valence-electron chi connectivity index (χ3n) is 2.88. The second-order valence-corrected chi connectivity index (χ2v) is 4.50. The highest BCUT2D eigenvalue weighted by Crippen LogP contribution is 2.13. The Labute approximate surface area is 122 Å². The molecule has 2 aromatic rings. The molecule has 0 heterocycles. The average molecular weight is 288 g/mol. The number of nitrogen functional groups attached to an aromatic ring is 1. The first-order valence-corrected chi connectivity index (χ1v) is 6.68. The molecule has 110 valence electrons. The van der Waals surface area contributed by atoms with Gasteiger partial charge in [-0.05, 0) is 36.8 Å². The van der Waals surface area contributed by atoms with Gasteiger partial charge in [-0.25, -0.2) is 4.39 Å². The predicted molar refractivity (Wildman–Crippen MR) is 79.7 cm³/mol. The summed E-state index contributed by atoms with van der Waals surface area (Å²) < 4.78 is 18.6. The molecule has 0 unspecified atom stereocenters. The van der Waals surface area contributed by atoms with Gasteiger partial charge < -0.3 is 15.8 Å². The van der Waals surface area contributed by atoms with Crippen LogP contribution in [-0.4, -0.2) is 19.1 Å². The average Bonchev–Trinajstić information content (AvgIpc) is 2.50. The number of nitrogens with one attached hydrogen (secondary N) is 1. The highest BCUT2D eigenvalue weighted by molar-refractivity contribution is 5.99. The zero-order valence-electron chi connectivity index (χ0n) is 11.5. The van der Waals surface area contributed by atoms with Crippen molar-refractivity contribution in [3.05, 3.63) is 59.9 Å². The molecule has 0 spiro atoms. The monoisotopic (exact) mass is 288 g/mol. The first-order chi connectivity index (χ1) is 10.2. The van der Waals surface area contributed by atoms with Crippen molar-refractivity contribution in [1.82, 2.24) is 5.32 Å². The van der Waals surface area contributed by atoms with E-state index in [1.165, 1.54) is 12.1 Å². The summed E-state index contributed by atoms with van der Waals surface area (Å²) in [5, 5.41) is 2.69. The maximum absolute atomic E-state index is 13.1. The molecule has 0 saturated carbocycles. The number of benzene rings is 2. The van der Waals surface area contributed by atoms with Gasteiger partial charge in [-0.2, -0.15) is 0 Å². The first-order valence-electron chi connectivity index (χ1n) is 6.68. The largest absolute Gasteiger partial charge is 0.494 e. The van der Waals surface area contributed by atoms with E-state index in [9.17, 15) is 9.18 Å². The van der Waals surface area contributed by atoms with E-state index in [0.29, 0.717) is 19.6 Å². The van der Waals surface area contributed by atoms with Gasteiger partial charge in [0.25, 0.3) is 5.91 Å². The minimum Gasteiger partial charge on any atom is -0.494 e. The standard InChI is InChI=1S/C16H17FN2O2/c17-12-7-8-15(18)14(11-12)16(20)19-9-4-10-21-13-5-2-1-3-6-13/h1-3,5-8,11H,4,9-10,18H2,(H,19,20). The molecular weight excluding hydrogens is 271 g/mol. The van der Waals surface area contributed by atoms with Crippen LogP contribution in [0.5, 0.6) is 5.75 Å². The van der Waals surface area contributed by atoms with Crippen LogP contribution >= 0.6 is 0 Å². The van der Waals surface area contributed by atoms with Crippen molar-refractivity contribution in [2.24, 2.45) is 0 Å². The van der Waals surface area contributed by atoms with Crippen LogP contribution in [0.3, 0.4) is 0 Å². The molecule has 3 N–H and O–H groups in total. The third-order valence-corrected chi connectivity index (χ3v) is 2.88. The topological polar surface area (TPSA) is 64.4 Å². The zero-order valence-corrected chi connectivity index (χ0v) is 11.5. The second kappa shape index (κ2) is 7.28. The Balaban J connectivity index is 1.73. The minimum absolute atomic E-state index is 0.152. The maximum Gasteiger partial charge on any atom is 0.253 e. The van der Waals surface area contributed by atoms with Gasteiger partial charge >= 0.3 is 0 Å². The SMILES string of the molecule is Nc1ccc(F)cc1C(=O)NCCCOc1ccccc1. The van der Waals surface area contributed by atoms with E-state index in [1.54, 1.807) is 0 Å². The molecule has 0 radical (unpaired) electrons. The quantitative estimate of drug-likeness (QED) is 0.634. The van der Waals surface area contributed by atoms with E-state index in [1.807, 2.05) is 30.3 Å². The molecule has 0 fully saturated rings. The molecule has 0 atom stereocenters. The molecule has 0 aliphatic carbocycles. The van der Waals surface area contributed by atoms with Crippen LogP contribution < -0.4 is 15.8 Å². The van der Waals surface area contributed by atoms with Crippen molar-refractivity contribution in [2.75, 3.05) is 18.9 Å². The van der Waals surface area contributed by atoms with E-state index in [2.05, 4.69) is 5.32 Å². The number of hydrogen-bond acceptors (Lipinski definition) is 3. The number of hydrogen-bond donors (Lipinski definition) is 2. The molecule has 0 aliphatic rings. The lowest BCUT2D eigenvalue weighted by Gasteiger charge is -2.08. The lowest BCUT2D eigenvalue weighted by Crippen LogP contribution is -2.26. The minimum atomic E-state index is -0.484. The number of amides is 1. The fourth-order valence-corrected chi connectivity index (χ4v) is 1.80. The van der Waals surface area contributed by atoms with E-state index >= 15 is 0 Å². The highest BCUT2D eigenvalue weighted by atomic mass is 19.1. The lowest BCUT2D eigenvalue weighted by molar-refractivity contribution is 0.0952. The third kappa shape index (κ3) is 4.49. The van der Waals surface area contributed by atoms with Crippen molar-refractivity contribution in [2.45, 2.75) is 6.42 Å². The van der Waals surface area contributed by atoms with Crippen molar-refractivity contribution >= 4 is 11.6 Å². The Hall–Kier alpha value is -2.56. The van der Waals surface area contributed by atoms with Crippen LogP contribution in [0.1, 0.15) is 16.8 Å². The Morgan fingerprint density at radius 1 is 1.19 bits per heavy atom. The van der Waals surface area contributed by atoms with Crippen LogP contribution in [0.15, 0.2) is 48.5 Å². The van der Waals surface area contributed by atoms with Gasteiger partial charge in [0, 0.05) is 12.2 Å². The summed E-state index contributed by atoms with van der Waals surface area (Å²) in [7, 11) is 0. The Morgan fingerprint density at radius 3 is 2.71 bits per heavy atom. The Kier molecular flexibility index (Phi) is 5.15. The van der Waals surface area contributed by atoms with Crippen LogP contribution in [0.2, 0.25) is 0 Å². The van der Waals surface area contributed by atoms with E-state index in [4.69, 9.17) is 10.5 Å². The molecule has 1 amide bonds. The summed E-state index contributed by atoms with van der Waals surface area (Å²) >= 11 is 0. The molecule has 0 bridgehead atoms. The predicted octanol–water partition coefficient (Wildman–Crippen LogP) is 2.61.